The van der Waals surface area contributed by atoms with Gasteiger partial charge < -0.3 is 4.90 Å². The monoisotopic (exact) mass is 347 g/mol. The summed E-state index contributed by atoms with van der Waals surface area (Å²) in [6.45, 7) is 3.01. The lowest BCUT2D eigenvalue weighted by molar-refractivity contribution is -0.134. The molecule has 0 bridgehead atoms. The average Bonchev–Trinajstić information content (AvgIpc) is 3.33. The van der Waals surface area contributed by atoms with Crippen molar-refractivity contribution >= 4 is 21.8 Å². The van der Waals surface area contributed by atoms with Gasteiger partial charge in [0, 0.05) is 36.6 Å². The summed E-state index contributed by atoms with van der Waals surface area (Å²) in [5.41, 5.74) is 1.01. The fourth-order valence-electron chi connectivity index (χ4n) is 2.83. The van der Waals surface area contributed by atoms with E-state index >= 15 is 0 Å². The molecule has 2 fully saturated rings. The van der Waals surface area contributed by atoms with Gasteiger partial charge in [0.05, 0.1) is 6.07 Å². The van der Waals surface area contributed by atoms with Crippen molar-refractivity contribution < 1.29 is 4.79 Å². The molecule has 1 aliphatic carbocycles. The lowest BCUT2D eigenvalue weighted by atomic mass is 10.1. The van der Waals surface area contributed by atoms with Gasteiger partial charge in [-0.3, -0.25) is 9.69 Å². The Bertz CT molecular complexity index is 571. The number of nitriles is 1. The van der Waals surface area contributed by atoms with Gasteiger partial charge in [-0.15, -0.1) is 0 Å². The zero-order valence-electron chi connectivity index (χ0n) is 11.8. The molecule has 1 aromatic carbocycles. The Hall–Kier alpha value is -1.38. The SMILES string of the molecule is N#CC(c1cccc(Br)c1)N1CCN(C(=O)C2CC2)CC1. The van der Waals surface area contributed by atoms with Crippen LogP contribution in [0.5, 0.6) is 0 Å². The summed E-state index contributed by atoms with van der Waals surface area (Å²) in [6.07, 6.45) is 2.11. The molecular weight excluding hydrogens is 330 g/mol. The predicted molar refractivity (Wildman–Crippen MR) is 83.4 cm³/mol. The Morgan fingerprint density at radius 1 is 1.29 bits per heavy atom. The molecule has 0 N–H and O–H groups in total. The number of carbonyl (C=O) groups excluding carboxylic acids is 1. The van der Waals surface area contributed by atoms with Crippen molar-refractivity contribution in [2.24, 2.45) is 5.92 Å². The van der Waals surface area contributed by atoms with E-state index in [2.05, 4.69) is 26.9 Å². The number of piperazine rings is 1. The summed E-state index contributed by atoms with van der Waals surface area (Å²) < 4.78 is 0.989. The topological polar surface area (TPSA) is 47.3 Å². The first-order valence-electron chi connectivity index (χ1n) is 7.37. The van der Waals surface area contributed by atoms with Gasteiger partial charge in [0.1, 0.15) is 6.04 Å². The van der Waals surface area contributed by atoms with E-state index in [1.807, 2.05) is 29.2 Å². The number of halogens is 1. The predicted octanol–water partition coefficient (Wildman–Crippen LogP) is 2.57. The maximum atomic E-state index is 12.1. The van der Waals surface area contributed by atoms with E-state index in [1.54, 1.807) is 0 Å². The molecule has 21 heavy (non-hydrogen) atoms. The third kappa shape index (κ3) is 3.28. The number of hydrogen-bond acceptors (Lipinski definition) is 3. The second-order valence-corrected chi connectivity index (χ2v) is 6.64. The molecule has 2 aliphatic rings. The van der Waals surface area contributed by atoms with Crippen LogP contribution in [0.15, 0.2) is 28.7 Å². The van der Waals surface area contributed by atoms with Crippen LogP contribution in [-0.2, 0) is 4.79 Å². The van der Waals surface area contributed by atoms with E-state index in [9.17, 15) is 10.1 Å². The minimum Gasteiger partial charge on any atom is -0.340 e. The molecule has 5 heteroatoms. The lowest BCUT2D eigenvalue weighted by Crippen LogP contribution is -2.49. The van der Waals surface area contributed by atoms with Crippen molar-refractivity contribution in [2.45, 2.75) is 18.9 Å². The highest BCUT2D eigenvalue weighted by atomic mass is 79.9. The van der Waals surface area contributed by atoms with E-state index in [0.717, 1.165) is 49.1 Å². The van der Waals surface area contributed by atoms with Gasteiger partial charge in [-0.05, 0) is 30.5 Å². The molecular formula is C16H18BrN3O. The quantitative estimate of drug-likeness (QED) is 0.844. The van der Waals surface area contributed by atoms with Gasteiger partial charge >= 0.3 is 0 Å². The number of hydrogen-bond donors (Lipinski definition) is 0. The third-order valence-corrected chi connectivity index (χ3v) is 4.70. The Labute approximate surface area is 133 Å². The van der Waals surface area contributed by atoms with Crippen molar-refractivity contribution in [1.29, 1.82) is 5.26 Å². The van der Waals surface area contributed by atoms with Crippen LogP contribution in [0, 0.1) is 17.2 Å². The molecule has 1 saturated carbocycles. The zero-order valence-corrected chi connectivity index (χ0v) is 13.4. The van der Waals surface area contributed by atoms with Crippen molar-refractivity contribution in [2.75, 3.05) is 26.2 Å². The number of rotatable bonds is 3. The molecule has 1 unspecified atom stereocenters. The van der Waals surface area contributed by atoms with Crippen LogP contribution in [0.4, 0.5) is 0 Å². The number of carbonyl (C=O) groups is 1. The molecule has 4 nitrogen and oxygen atoms in total. The van der Waals surface area contributed by atoms with E-state index in [1.165, 1.54) is 0 Å². The third-order valence-electron chi connectivity index (χ3n) is 4.20. The molecule has 0 spiro atoms. The van der Waals surface area contributed by atoms with E-state index in [-0.39, 0.29) is 12.0 Å². The lowest BCUT2D eigenvalue weighted by Gasteiger charge is -2.37. The number of nitrogens with zero attached hydrogens (tertiary/aromatic N) is 3. The Kier molecular flexibility index (Phi) is 4.27. The van der Waals surface area contributed by atoms with Gasteiger partial charge in [-0.25, -0.2) is 0 Å². The second kappa shape index (κ2) is 6.17. The summed E-state index contributed by atoms with van der Waals surface area (Å²) in [5.74, 6) is 0.596. The van der Waals surface area contributed by atoms with Crippen molar-refractivity contribution in [3.05, 3.63) is 34.3 Å². The van der Waals surface area contributed by atoms with Gasteiger partial charge in [0.15, 0.2) is 0 Å². The van der Waals surface area contributed by atoms with Crippen LogP contribution in [0.25, 0.3) is 0 Å². The summed E-state index contributed by atoms with van der Waals surface area (Å²) in [7, 11) is 0. The molecule has 110 valence electrons. The summed E-state index contributed by atoms with van der Waals surface area (Å²) >= 11 is 3.45. The molecule has 1 atom stereocenters. The molecule has 3 rings (SSSR count). The Morgan fingerprint density at radius 2 is 2.00 bits per heavy atom. The fraction of sp³-hybridized carbons (Fsp3) is 0.500. The van der Waals surface area contributed by atoms with Gasteiger partial charge in [0.2, 0.25) is 5.91 Å². The van der Waals surface area contributed by atoms with E-state index in [4.69, 9.17) is 0 Å². The first-order valence-corrected chi connectivity index (χ1v) is 8.16. The first kappa shape index (κ1) is 14.6. The molecule has 1 aromatic rings. The maximum absolute atomic E-state index is 12.1. The average molecular weight is 348 g/mol. The van der Waals surface area contributed by atoms with E-state index < -0.39 is 0 Å². The minimum absolute atomic E-state index is 0.235. The van der Waals surface area contributed by atoms with Crippen LogP contribution in [-0.4, -0.2) is 41.9 Å². The van der Waals surface area contributed by atoms with Crippen LogP contribution >= 0.6 is 15.9 Å². The molecule has 1 aliphatic heterocycles. The maximum Gasteiger partial charge on any atom is 0.225 e. The summed E-state index contributed by atoms with van der Waals surface area (Å²) in [5, 5.41) is 9.51. The van der Waals surface area contributed by atoms with Gasteiger partial charge in [-0.2, -0.15) is 5.26 Å². The second-order valence-electron chi connectivity index (χ2n) is 5.72. The Balaban J connectivity index is 1.64. The normalized spacial score (nSPS) is 20.9. The molecule has 0 aromatic heterocycles. The van der Waals surface area contributed by atoms with E-state index in [0.29, 0.717) is 5.91 Å². The van der Waals surface area contributed by atoms with Crippen molar-refractivity contribution in [3.63, 3.8) is 0 Å². The van der Waals surface area contributed by atoms with Crippen LogP contribution in [0.2, 0.25) is 0 Å². The van der Waals surface area contributed by atoms with Crippen LogP contribution < -0.4 is 0 Å². The molecule has 1 saturated heterocycles. The standard InChI is InChI=1S/C16H18BrN3O/c17-14-3-1-2-13(10-14)15(11-18)19-6-8-20(9-7-19)16(21)12-4-5-12/h1-3,10,12,15H,4-9H2. The van der Waals surface area contributed by atoms with Crippen LogP contribution in [0.3, 0.4) is 0 Å². The largest absolute Gasteiger partial charge is 0.340 e. The fourth-order valence-corrected chi connectivity index (χ4v) is 3.25. The first-order chi connectivity index (χ1) is 10.2. The molecule has 0 radical (unpaired) electrons. The molecule has 1 amide bonds. The molecule has 1 heterocycles. The highest BCUT2D eigenvalue weighted by molar-refractivity contribution is 9.10. The zero-order chi connectivity index (χ0) is 14.8. The van der Waals surface area contributed by atoms with Crippen molar-refractivity contribution in [1.82, 2.24) is 9.80 Å². The van der Waals surface area contributed by atoms with Gasteiger partial charge in [0.25, 0.3) is 0 Å². The number of amides is 1. The number of benzene rings is 1. The minimum atomic E-state index is -0.235. The summed E-state index contributed by atoms with van der Waals surface area (Å²) in [6, 6.07) is 10.1. The van der Waals surface area contributed by atoms with Crippen LogP contribution in [0.1, 0.15) is 24.4 Å². The Morgan fingerprint density at radius 3 is 2.57 bits per heavy atom. The highest BCUT2D eigenvalue weighted by Gasteiger charge is 2.35. The van der Waals surface area contributed by atoms with Gasteiger partial charge in [-0.1, -0.05) is 28.1 Å². The smallest absolute Gasteiger partial charge is 0.225 e. The van der Waals surface area contributed by atoms with Crippen molar-refractivity contribution in [3.8, 4) is 6.07 Å². The highest BCUT2D eigenvalue weighted by Crippen LogP contribution is 2.32. The summed E-state index contributed by atoms with van der Waals surface area (Å²) in [4.78, 5) is 16.2.